The number of carbonyl (C=O) groups is 1. The van der Waals surface area contributed by atoms with Crippen LogP contribution < -0.4 is 10.1 Å². The van der Waals surface area contributed by atoms with Crippen molar-refractivity contribution in [2.75, 3.05) is 13.2 Å². The Morgan fingerprint density at radius 2 is 1.74 bits per heavy atom. The molecular weight excluding hydrogens is 632 g/mol. The molecule has 248 valence electrons. The molecule has 0 fully saturated rings. The maximum absolute atomic E-state index is 14.1. The van der Waals surface area contributed by atoms with E-state index in [1.54, 1.807) is 48.5 Å². The summed E-state index contributed by atoms with van der Waals surface area (Å²) >= 11 is 0. The zero-order valence-electron chi connectivity index (χ0n) is 24.7. The lowest BCUT2D eigenvalue weighted by atomic mass is 9.82. The molecule has 0 saturated heterocycles. The van der Waals surface area contributed by atoms with Crippen LogP contribution in [0, 0.1) is 0 Å². The lowest BCUT2D eigenvalue weighted by molar-refractivity contribution is -0.143. The van der Waals surface area contributed by atoms with Gasteiger partial charge >= 0.3 is 12.4 Å². The minimum atomic E-state index is -5.07. The first kappa shape index (κ1) is 34.9. The third-order valence-corrected chi connectivity index (χ3v) is 7.23. The summed E-state index contributed by atoms with van der Waals surface area (Å²) in [5, 5.41) is 15.1. The number of hydrogen-bond donors (Lipinski definition) is 2. The second-order valence-corrected chi connectivity index (χ2v) is 10.5. The molecule has 9 nitrogen and oxygen atoms in total. The maximum atomic E-state index is 14.1. The highest BCUT2D eigenvalue weighted by Crippen LogP contribution is 2.44. The van der Waals surface area contributed by atoms with Gasteiger partial charge in [0.15, 0.2) is 11.6 Å². The number of carbonyl (C=O) groups excluding carboxylic acids is 1. The van der Waals surface area contributed by atoms with Gasteiger partial charge in [0, 0.05) is 36.5 Å². The average molecular weight is 662 g/mol. The lowest BCUT2D eigenvalue weighted by Crippen LogP contribution is -2.48. The van der Waals surface area contributed by atoms with Crippen LogP contribution in [0.5, 0.6) is 5.75 Å². The Morgan fingerprint density at radius 3 is 2.34 bits per heavy atom. The van der Waals surface area contributed by atoms with Crippen molar-refractivity contribution in [3.63, 3.8) is 0 Å². The smallest absolute Gasteiger partial charge is 0.416 e. The molecule has 2 N–H and O–H groups in total. The standard InChI is InChI=1S/C32H29F6N5O4/c1-2-12-30(29(45)40-18-20-15-23(31(33,34)35)17-24(16-20)32(36,37)38)27(26-7-4-3-6-22(26)19-41-43-39)47-28(42-30)21-8-10-25(11-9-21)46-14-5-13-44/h2-4,6-11,15-17,27,44H,1,5,12-14,18-19H2,(H,40,45)/t27-,30-/m1/s1. The molecule has 0 aromatic heterocycles. The predicted molar refractivity (Wildman–Crippen MR) is 159 cm³/mol. The zero-order chi connectivity index (χ0) is 34.2. The topological polar surface area (TPSA) is 129 Å². The molecule has 1 heterocycles. The Balaban J connectivity index is 1.76. The zero-order valence-corrected chi connectivity index (χ0v) is 24.7. The van der Waals surface area contributed by atoms with E-state index in [0.29, 0.717) is 41.0 Å². The second-order valence-electron chi connectivity index (χ2n) is 10.5. The van der Waals surface area contributed by atoms with Crippen LogP contribution in [-0.2, 0) is 35.0 Å². The average Bonchev–Trinajstić information content (AvgIpc) is 3.42. The van der Waals surface area contributed by atoms with Crippen molar-refractivity contribution in [3.8, 4) is 5.75 Å². The van der Waals surface area contributed by atoms with Gasteiger partial charge in [-0.15, -0.1) is 6.58 Å². The first-order valence-corrected chi connectivity index (χ1v) is 14.2. The molecule has 1 aliphatic rings. The normalized spacial score (nSPS) is 17.7. The molecule has 2 atom stereocenters. The number of aliphatic hydroxyl groups is 1. The number of nitrogens with zero attached hydrogens (tertiary/aromatic N) is 4. The van der Waals surface area contributed by atoms with Gasteiger partial charge in [0.25, 0.3) is 5.91 Å². The summed E-state index contributed by atoms with van der Waals surface area (Å²) < 4.78 is 92.7. The third kappa shape index (κ3) is 8.23. The predicted octanol–water partition coefficient (Wildman–Crippen LogP) is 7.45. The number of benzene rings is 3. The molecule has 1 amide bonds. The minimum absolute atomic E-state index is 0.00550. The van der Waals surface area contributed by atoms with Gasteiger partial charge < -0.3 is 19.9 Å². The van der Waals surface area contributed by atoms with E-state index in [1.807, 2.05) is 0 Å². The molecule has 3 aromatic rings. The number of alkyl halides is 6. The fourth-order valence-electron chi connectivity index (χ4n) is 5.01. The molecule has 0 spiro atoms. The van der Waals surface area contributed by atoms with Crippen molar-refractivity contribution >= 4 is 11.8 Å². The van der Waals surface area contributed by atoms with Crippen molar-refractivity contribution in [1.29, 1.82) is 0 Å². The van der Waals surface area contributed by atoms with Crippen molar-refractivity contribution in [3.05, 3.63) is 123 Å². The molecule has 1 aliphatic heterocycles. The van der Waals surface area contributed by atoms with Gasteiger partial charge in [-0.3, -0.25) is 4.79 Å². The molecule has 0 bridgehead atoms. The number of amides is 1. The molecular formula is C32H29F6N5O4. The summed E-state index contributed by atoms with van der Waals surface area (Å²) in [5.74, 6) is -0.344. The number of halogens is 6. The van der Waals surface area contributed by atoms with E-state index in [1.165, 1.54) is 6.08 Å². The van der Waals surface area contributed by atoms with E-state index >= 15 is 0 Å². The van der Waals surface area contributed by atoms with E-state index < -0.39 is 53.1 Å². The van der Waals surface area contributed by atoms with E-state index in [0.717, 1.165) is 0 Å². The number of aliphatic imine (C=N–C) groups is 1. The molecule has 4 rings (SSSR count). The largest absolute Gasteiger partial charge is 0.494 e. The molecule has 3 aromatic carbocycles. The number of rotatable bonds is 13. The van der Waals surface area contributed by atoms with E-state index in [2.05, 4.69) is 26.9 Å². The van der Waals surface area contributed by atoms with Crippen LogP contribution in [-0.4, -0.2) is 35.7 Å². The van der Waals surface area contributed by atoms with Gasteiger partial charge in [-0.05, 0) is 64.7 Å². The minimum Gasteiger partial charge on any atom is -0.494 e. The highest BCUT2D eigenvalue weighted by atomic mass is 19.4. The fraction of sp³-hybridized carbons (Fsp3) is 0.312. The van der Waals surface area contributed by atoms with Crippen LogP contribution in [0.15, 0.2) is 89.5 Å². The first-order valence-electron chi connectivity index (χ1n) is 14.2. The van der Waals surface area contributed by atoms with Crippen molar-refractivity contribution in [2.24, 2.45) is 10.1 Å². The van der Waals surface area contributed by atoms with Gasteiger partial charge in [0.05, 0.1) is 24.3 Å². The summed E-state index contributed by atoms with van der Waals surface area (Å²) in [4.78, 5) is 21.5. The summed E-state index contributed by atoms with van der Waals surface area (Å²) in [6.07, 6.45) is -9.64. The van der Waals surface area contributed by atoms with Gasteiger partial charge in [0.1, 0.15) is 5.75 Å². The lowest BCUT2D eigenvalue weighted by Gasteiger charge is -2.31. The highest BCUT2D eigenvalue weighted by molar-refractivity contribution is 6.01. The van der Waals surface area contributed by atoms with Gasteiger partial charge in [-0.2, -0.15) is 26.3 Å². The van der Waals surface area contributed by atoms with Gasteiger partial charge in [-0.25, -0.2) is 4.99 Å². The van der Waals surface area contributed by atoms with E-state index in [9.17, 15) is 31.1 Å². The fourth-order valence-corrected chi connectivity index (χ4v) is 5.01. The monoisotopic (exact) mass is 661 g/mol. The van der Waals surface area contributed by atoms with Crippen LogP contribution in [0.4, 0.5) is 26.3 Å². The molecule has 0 aliphatic carbocycles. The Kier molecular flexibility index (Phi) is 10.8. The number of aliphatic hydroxyl groups excluding tert-OH is 1. The molecule has 15 heteroatoms. The highest BCUT2D eigenvalue weighted by Gasteiger charge is 2.53. The van der Waals surface area contributed by atoms with Crippen LogP contribution >= 0.6 is 0 Å². The number of ether oxygens (including phenoxy) is 2. The van der Waals surface area contributed by atoms with Crippen LogP contribution in [0.3, 0.4) is 0 Å². The van der Waals surface area contributed by atoms with E-state index in [4.69, 9.17) is 20.1 Å². The maximum Gasteiger partial charge on any atom is 0.416 e. The van der Waals surface area contributed by atoms with Gasteiger partial charge in [-0.1, -0.05) is 35.5 Å². The van der Waals surface area contributed by atoms with Crippen molar-refractivity contribution in [2.45, 2.75) is 49.9 Å². The van der Waals surface area contributed by atoms with Crippen molar-refractivity contribution in [1.82, 2.24) is 5.32 Å². The Bertz CT molecular complexity index is 1640. The summed E-state index contributed by atoms with van der Waals surface area (Å²) in [6.45, 7) is 3.16. The van der Waals surface area contributed by atoms with Gasteiger partial charge in [0.2, 0.25) is 5.90 Å². The molecule has 0 saturated carbocycles. The summed E-state index contributed by atoms with van der Waals surface area (Å²) in [6, 6.07) is 14.2. The summed E-state index contributed by atoms with van der Waals surface area (Å²) in [7, 11) is 0. The van der Waals surface area contributed by atoms with E-state index in [-0.39, 0.29) is 38.1 Å². The first-order chi connectivity index (χ1) is 22.3. The summed E-state index contributed by atoms with van der Waals surface area (Å²) in [5.41, 5.74) is 4.97. The number of hydrogen-bond acceptors (Lipinski definition) is 6. The van der Waals surface area contributed by atoms with Crippen LogP contribution in [0.2, 0.25) is 0 Å². The van der Waals surface area contributed by atoms with Crippen molar-refractivity contribution < 1.29 is 45.7 Å². The Morgan fingerprint density at radius 1 is 1.09 bits per heavy atom. The quantitative estimate of drug-likeness (QED) is 0.0493. The molecule has 0 unspecified atom stereocenters. The van der Waals surface area contributed by atoms with Crippen LogP contribution in [0.1, 0.15) is 52.3 Å². The molecule has 0 radical (unpaired) electrons. The van der Waals surface area contributed by atoms with Crippen LogP contribution in [0.25, 0.3) is 10.4 Å². The molecule has 47 heavy (non-hydrogen) atoms. The second kappa shape index (κ2) is 14.6. The Labute approximate surface area is 265 Å². The number of azide groups is 1. The Hall–Kier alpha value is -5.01. The third-order valence-electron chi connectivity index (χ3n) is 7.23. The SMILES string of the molecule is C=CC[C@@]1(C(=O)NCc2cc(C(F)(F)F)cc(C(F)(F)F)c2)N=C(c2ccc(OCCCO)cc2)O[C@@H]1c1ccccc1CN=[N+]=[N-]. The number of nitrogens with one attached hydrogen (secondary N) is 1.